The predicted octanol–water partition coefficient (Wildman–Crippen LogP) is 0.0789. The summed E-state index contributed by atoms with van der Waals surface area (Å²) in [5.74, 6) is 0.621. The lowest BCUT2D eigenvalue weighted by molar-refractivity contribution is 0.177. The van der Waals surface area contributed by atoms with Crippen LogP contribution >= 0.6 is 0 Å². The fourth-order valence-electron chi connectivity index (χ4n) is 1.38. The Morgan fingerprint density at radius 1 is 1.47 bits per heavy atom. The van der Waals surface area contributed by atoms with Crippen molar-refractivity contribution >= 4 is 5.65 Å². The van der Waals surface area contributed by atoms with E-state index in [0.717, 1.165) is 5.69 Å². The van der Waals surface area contributed by atoms with Crippen molar-refractivity contribution in [2.24, 2.45) is 5.73 Å². The summed E-state index contributed by atoms with van der Waals surface area (Å²) < 4.78 is 6.62. The first-order chi connectivity index (χ1) is 7.22. The van der Waals surface area contributed by atoms with Crippen molar-refractivity contribution in [2.45, 2.75) is 13.0 Å². The van der Waals surface area contributed by atoms with E-state index >= 15 is 0 Å². The predicted molar refractivity (Wildman–Crippen MR) is 54.3 cm³/mol. The number of nitrogens with two attached hydrogens (primary N) is 1. The summed E-state index contributed by atoms with van der Waals surface area (Å²) in [7, 11) is 1.60. The molecular formula is C9H13N5O. The van der Waals surface area contributed by atoms with Crippen LogP contribution in [0.15, 0.2) is 12.1 Å². The Hall–Kier alpha value is -1.53. The van der Waals surface area contributed by atoms with E-state index in [4.69, 9.17) is 10.5 Å². The first kappa shape index (κ1) is 10.0. The maximum Gasteiger partial charge on any atom is 0.177 e. The molecule has 2 heterocycles. The molecule has 15 heavy (non-hydrogen) atoms. The van der Waals surface area contributed by atoms with Gasteiger partial charge >= 0.3 is 0 Å². The van der Waals surface area contributed by atoms with Gasteiger partial charge < -0.3 is 10.5 Å². The van der Waals surface area contributed by atoms with Crippen LogP contribution < -0.4 is 5.73 Å². The number of aromatic nitrogens is 4. The molecule has 2 aromatic rings. The van der Waals surface area contributed by atoms with Gasteiger partial charge in [0.15, 0.2) is 11.5 Å². The molecule has 0 radical (unpaired) electrons. The van der Waals surface area contributed by atoms with Gasteiger partial charge in [0.1, 0.15) is 0 Å². The van der Waals surface area contributed by atoms with Crippen molar-refractivity contribution in [1.82, 2.24) is 19.8 Å². The van der Waals surface area contributed by atoms with Gasteiger partial charge in [-0.05, 0) is 19.1 Å². The second-order valence-corrected chi connectivity index (χ2v) is 3.36. The van der Waals surface area contributed by atoms with E-state index in [2.05, 4.69) is 15.3 Å². The zero-order chi connectivity index (χ0) is 10.8. The minimum Gasteiger partial charge on any atom is -0.383 e. The molecule has 0 aliphatic rings. The molecular weight excluding hydrogens is 194 g/mol. The lowest BCUT2D eigenvalue weighted by Crippen LogP contribution is -2.20. The summed E-state index contributed by atoms with van der Waals surface area (Å²) in [4.78, 5) is 0. The van der Waals surface area contributed by atoms with Gasteiger partial charge in [0, 0.05) is 7.11 Å². The molecule has 0 aromatic carbocycles. The summed E-state index contributed by atoms with van der Waals surface area (Å²) in [6.45, 7) is 2.31. The molecule has 80 valence electrons. The Morgan fingerprint density at radius 2 is 2.27 bits per heavy atom. The molecule has 0 bridgehead atoms. The molecule has 0 saturated carbocycles. The summed E-state index contributed by atoms with van der Waals surface area (Å²) in [6.07, 6.45) is 0. The minimum atomic E-state index is -0.306. The van der Waals surface area contributed by atoms with Crippen LogP contribution in [0.4, 0.5) is 0 Å². The highest BCUT2D eigenvalue weighted by molar-refractivity contribution is 5.36. The Morgan fingerprint density at radius 3 is 3.00 bits per heavy atom. The first-order valence-corrected chi connectivity index (χ1v) is 4.66. The van der Waals surface area contributed by atoms with Crippen molar-refractivity contribution in [3.63, 3.8) is 0 Å². The Kier molecular flexibility index (Phi) is 2.61. The molecule has 1 atom stereocenters. The van der Waals surface area contributed by atoms with Crippen LogP contribution in [-0.2, 0) is 4.74 Å². The number of hydrogen-bond donors (Lipinski definition) is 1. The number of rotatable bonds is 3. The molecule has 2 N–H and O–H groups in total. The van der Waals surface area contributed by atoms with Crippen molar-refractivity contribution < 1.29 is 4.74 Å². The molecule has 2 aromatic heterocycles. The lowest BCUT2D eigenvalue weighted by atomic mass is 10.3. The molecule has 0 aliphatic carbocycles. The molecule has 6 nitrogen and oxygen atoms in total. The largest absolute Gasteiger partial charge is 0.383 e. The van der Waals surface area contributed by atoms with Crippen LogP contribution in [0.1, 0.15) is 17.6 Å². The zero-order valence-electron chi connectivity index (χ0n) is 8.71. The number of aryl methyl sites for hydroxylation is 1. The Bertz CT molecular complexity index is 466. The molecule has 0 aliphatic heterocycles. The van der Waals surface area contributed by atoms with Crippen LogP contribution in [0, 0.1) is 6.92 Å². The molecule has 0 spiro atoms. The van der Waals surface area contributed by atoms with Gasteiger partial charge in [0.2, 0.25) is 0 Å². The van der Waals surface area contributed by atoms with Crippen molar-refractivity contribution in [3.8, 4) is 0 Å². The summed E-state index contributed by atoms with van der Waals surface area (Å²) >= 11 is 0. The van der Waals surface area contributed by atoms with Crippen LogP contribution in [0.5, 0.6) is 0 Å². The van der Waals surface area contributed by atoms with E-state index < -0.39 is 0 Å². The van der Waals surface area contributed by atoms with Crippen LogP contribution in [0.25, 0.3) is 5.65 Å². The van der Waals surface area contributed by atoms with Crippen LogP contribution in [-0.4, -0.2) is 33.5 Å². The number of ether oxygens (including phenoxy) is 1. The normalized spacial score (nSPS) is 13.3. The van der Waals surface area contributed by atoms with Gasteiger partial charge in [-0.1, -0.05) is 0 Å². The monoisotopic (exact) mass is 207 g/mol. The maximum atomic E-state index is 5.88. The standard InChI is InChI=1S/C9H13N5O/c1-6-3-4-8-11-12-9(14(8)13-6)7(10)5-15-2/h3-4,7H,5,10H2,1-2H3. The van der Waals surface area contributed by atoms with Gasteiger partial charge in [-0.3, -0.25) is 0 Å². The third kappa shape index (κ3) is 1.81. The first-order valence-electron chi connectivity index (χ1n) is 4.66. The molecule has 0 amide bonds. The smallest absolute Gasteiger partial charge is 0.177 e. The second-order valence-electron chi connectivity index (χ2n) is 3.36. The fourth-order valence-corrected chi connectivity index (χ4v) is 1.38. The topological polar surface area (TPSA) is 78.3 Å². The van der Waals surface area contributed by atoms with Crippen LogP contribution in [0.3, 0.4) is 0 Å². The molecule has 0 fully saturated rings. The maximum absolute atomic E-state index is 5.88. The SMILES string of the molecule is COCC(N)c1nnc2ccc(C)nn12. The van der Waals surface area contributed by atoms with E-state index in [1.54, 1.807) is 11.6 Å². The lowest BCUT2D eigenvalue weighted by Gasteiger charge is -2.07. The highest BCUT2D eigenvalue weighted by Gasteiger charge is 2.14. The van der Waals surface area contributed by atoms with E-state index in [1.807, 2.05) is 19.1 Å². The Balaban J connectivity index is 2.47. The number of fused-ring (bicyclic) bond motifs is 1. The molecule has 0 saturated heterocycles. The van der Waals surface area contributed by atoms with Gasteiger partial charge in [0.25, 0.3) is 0 Å². The second kappa shape index (κ2) is 3.92. The van der Waals surface area contributed by atoms with Gasteiger partial charge in [-0.25, -0.2) is 0 Å². The Labute approximate surface area is 87.1 Å². The molecule has 1 unspecified atom stereocenters. The van der Waals surface area contributed by atoms with Crippen molar-refractivity contribution in [1.29, 1.82) is 0 Å². The highest BCUT2D eigenvalue weighted by Crippen LogP contribution is 2.09. The van der Waals surface area contributed by atoms with Gasteiger partial charge in [-0.15, -0.1) is 10.2 Å². The number of hydrogen-bond acceptors (Lipinski definition) is 5. The summed E-state index contributed by atoms with van der Waals surface area (Å²) in [5.41, 5.74) is 7.47. The van der Waals surface area contributed by atoms with Crippen molar-refractivity contribution in [2.75, 3.05) is 13.7 Å². The number of nitrogens with zero attached hydrogens (tertiary/aromatic N) is 4. The summed E-state index contributed by atoms with van der Waals surface area (Å²) in [5, 5.41) is 12.3. The zero-order valence-corrected chi connectivity index (χ0v) is 8.71. The fraction of sp³-hybridized carbons (Fsp3) is 0.444. The summed E-state index contributed by atoms with van der Waals surface area (Å²) in [6, 6.07) is 3.44. The third-order valence-corrected chi connectivity index (χ3v) is 2.10. The molecule has 2 rings (SSSR count). The quantitative estimate of drug-likeness (QED) is 0.771. The van der Waals surface area contributed by atoms with Gasteiger partial charge in [-0.2, -0.15) is 9.61 Å². The van der Waals surface area contributed by atoms with E-state index in [1.165, 1.54) is 0 Å². The minimum absolute atomic E-state index is 0.306. The third-order valence-electron chi connectivity index (χ3n) is 2.10. The molecule has 6 heteroatoms. The van der Waals surface area contributed by atoms with Crippen LogP contribution in [0.2, 0.25) is 0 Å². The van der Waals surface area contributed by atoms with E-state index in [9.17, 15) is 0 Å². The van der Waals surface area contributed by atoms with E-state index in [0.29, 0.717) is 18.1 Å². The average molecular weight is 207 g/mol. The van der Waals surface area contributed by atoms with Gasteiger partial charge in [0.05, 0.1) is 18.3 Å². The number of methoxy groups -OCH3 is 1. The highest BCUT2D eigenvalue weighted by atomic mass is 16.5. The van der Waals surface area contributed by atoms with Crippen molar-refractivity contribution in [3.05, 3.63) is 23.7 Å². The average Bonchev–Trinajstić information content (AvgIpc) is 2.60. The van der Waals surface area contributed by atoms with E-state index in [-0.39, 0.29) is 6.04 Å².